The molecule has 0 bridgehead atoms. The fourth-order valence-electron chi connectivity index (χ4n) is 6.17. The number of para-hydroxylation sites is 2. The van der Waals surface area contributed by atoms with Crippen LogP contribution in [0.25, 0.3) is 22.2 Å². The van der Waals surface area contributed by atoms with E-state index in [1.54, 1.807) is 26.4 Å². The Morgan fingerprint density at radius 3 is 2.45 bits per heavy atom. The van der Waals surface area contributed by atoms with E-state index in [-0.39, 0.29) is 32.5 Å². The number of pyridine rings is 1. The van der Waals surface area contributed by atoms with Gasteiger partial charge in [0, 0.05) is 35.4 Å². The highest BCUT2D eigenvalue weighted by molar-refractivity contribution is 5.95. The molecule has 4 atom stereocenters. The number of carbonyl (C=O) groups excluding carboxylic acids is 2. The summed E-state index contributed by atoms with van der Waals surface area (Å²) in [5.41, 5.74) is 0.770. The number of nitrogens with zero attached hydrogens (tertiary/aromatic N) is 2. The molecule has 3 aromatic carbocycles. The fourth-order valence-corrected chi connectivity index (χ4v) is 6.17. The maximum absolute atomic E-state index is 13.7. The summed E-state index contributed by atoms with van der Waals surface area (Å²) in [6.07, 6.45) is 1.28. The molecule has 12 nitrogen and oxygen atoms in total. The number of aliphatic carboxylic acids is 1. The summed E-state index contributed by atoms with van der Waals surface area (Å²) in [5.74, 6) is 0.126. The smallest absolute Gasteiger partial charge is 0.330 e. The molecule has 1 saturated heterocycles. The number of hydrogen-bond donors (Lipinski definition) is 3. The van der Waals surface area contributed by atoms with Crippen LogP contribution in [0.3, 0.4) is 0 Å². The second-order valence-electron chi connectivity index (χ2n) is 11.9. The van der Waals surface area contributed by atoms with Gasteiger partial charge >= 0.3 is 12.0 Å². The zero-order valence-electron chi connectivity index (χ0n) is 27.3. The van der Waals surface area contributed by atoms with Gasteiger partial charge < -0.3 is 39.6 Å². The molecule has 49 heavy (non-hydrogen) atoms. The van der Waals surface area contributed by atoms with Gasteiger partial charge in [0.2, 0.25) is 5.91 Å². The van der Waals surface area contributed by atoms with Crippen LogP contribution in [-0.4, -0.2) is 84.5 Å². The highest BCUT2D eigenvalue weighted by Gasteiger charge is 2.61. The molecule has 2 fully saturated rings. The topological polar surface area (TPSA) is 149 Å². The number of aromatic nitrogens is 1. The number of methoxy groups -OCH3 is 2. The van der Waals surface area contributed by atoms with Gasteiger partial charge in [-0.15, -0.1) is 6.58 Å². The van der Waals surface area contributed by atoms with Crippen LogP contribution in [0.15, 0.2) is 91.5 Å². The number of benzene rings is 3. The minimum Gasteiger partial charge on any atom is -0.497 e. The Kier molecular flexibility index (Phi) is 9.56. The molecule has 1 aliphatic heterocycles. The predicted molar refractivity (Wildman–Crippen MR) is 182 cm³/mol. The molecule has 2 aliphatic rings. The third-order valence-electron chi connectivity index (χ3n) is 8.90. The molecule has 6 rings (SSSR count). The van der Waals surface area contributed by atoms with Crippen LogP contribution < -0.4 is 29.6 Å². The molecule has 1 saturated carbocycles. The average molecular weight is 667 g/mol. The zero-order valence-corrected chi connectivity index (χ0v) is 27.3. The summed E-state index contributed by atoms with van der Waals surface area (Å²) in [7, 11) is 3.13. The second-order valence-corrected chi connectivity index (χ2v) is 11.9. The van der Waals surface area contributed by atoms with Crippen molar-refractivity contribution in [2.24, 2.45) is 5.92 Å². The predicted octanol–water partition coefficient (Wildman–Crippen LogP) is 4.67. The number of amides is 3. The van der Waals surface area contributed by atoms with Crippen molar-refractivity contribution in [3.05, 3.63) is 91.5 Å². The maximum atomic E-state index is 13.7. The van der Waals surface area contributed by atoms with Crippen LogP contribution in [0.1, 0.15) is 12.8 Å². The first-order valence-electron chi connectivity index (χ1n) is 16.0. The normalized spacial score (nSPS) is 21.0. The summed E-state index contributed by atoms with van der Waals surface area (Å²) in [6.45, 7) is 4.07. The van der Waals surface area contributed by atoms with Gasteiger partial charge in [-0.2, -0.15) is 0 Å². The minimum atomic E-state index is -1.45. The van der Waals surface area contributed by atoms with Gasteiger partial charge in [0.25, 0.3) is 0 Å². The molecular formula is C37H38N4O8. The molecule has 1 aliphatic carbocycles. The number of nitrogens with one attached hydrogen (secondary N) is 2. The molecule has 0 radical (unpaired) electrons. The van der Waals surface area contributed by atoms with E-state index in [4.69, 9.17) is 23.9 Å². The highest BCUT2D eigenvalue weighted by Crippen LogP contribution is 2.45. The van der Waals surface area contributed by atoms with Crippen LogP contribution in [-0.2, 0) is 9.59 Å². The maximum Gasteiger partial charge on any atom is 0.330 e. The van der Waals surface area contributed by atoms with Crippen molar-refractivity contribution < 1.29 is 38.4 Å². The minimum absolute atomic E-state index is 0.0723. The van der Waals surface area contributed by atoms with Gasteiger partial charge in [-0.3, -0.25) is 4.79 Å². The molecule has 0 spiro atoms. The van der Waals surface area contributed by atoms with Crippen molar-refractivity contribution in [2.45, 2.75) is 30.5 Å². The summed E-state index contributed by atoms with van der Waals surface area (Å²) in [4.78, 5) is 45.7. The SMILES string of the molecule is C=C[C@@H]1C[C@]1(NC(=O)[C@@H]1C[C@@H](Oc2cc(-c3ccccc3)nc3cc(OC)ccc23)CN1C(=O)NCCOc1ccccc1OC)C(=O)O. The number of ether oxygens (including phenoxy) is 4. The number of fused-ring (bicyclic) bond motifs is 1. The molecule has 2 heterocycles. The molecule has 12 heteroatoms. The van der Waals surface area contributed by atoms with Gasteiger partial charge in [0.1, 0.15) is 35.8 Å². The van der Waals surface area contributed by atoms with Crippen molar-refractivity contribution in [3.63, 3.8) is 0 Å². The highest BCUT2D eigenvalue weighted by atomic mass is 16.5. The first-order chi connectivity index (χ1) is 23.8. The van der Waals surface area contributed by atoms with E-state index >= 15 is 0 Å². The summed E-state index contributed by atoms with van der Waals surface area (Å²) >= 11 is 0. The van der Waals surface area contributed by atoms with Crippen LogP contribution in [0.4, 0.5) is 4.79 Å². The quantitative estimate of drug-likeness (QED) is 0.137. The molecule has 4 aromatic rings. The Balaban J connectivity index is 1.23. The largest absolute Gasteiger partial charge is 0.497 e. The molecular weight excluding hydrogens is 628 g/mol. The fraction of sp³-hybridized carbons (Fsp3) is 0.297. The van der Waals surface area contributed by atoms with E-state index in [9.17, 15) is 19.5 Å². The van der Waals surface area contributed by atoms with Crippen LogP contribution in [0, 0.1) is 5.92 Å². The van der Waals surface area contributed by atoms with Gasteiger partial charge in [0.05, 0.1) is 38.5 Å². The van der Waals surface area contributed by atoms with E-state index in [1.165, 1.54) is 11.0 Å². The Labute approximate surface area is 283 Å². The zero-order chi connectivity index (χ0) is 34.5. The summed E-state index contributed by atoms with van der Waals surface area (Å²) < 4.78 is 23.1. The van der Waals surface area contributed by atoms with E-state index in [0.29, 0.717) is 34.2 Å². The second kappa shape index (κ2) is 14.1. The number of carboxylic acid groups (broad SMARTS) is 1. The number of urea groups is 1. The lowest BCUT2D eigenvalue weighted by molar-refractivity contribution is -0.144. The molecule has 3 amide bonds. The van der Waals surface area contributed by atoms with E-state index in [1.807, 2.05) is 66.7 Å². The Bertz CT molecular complexity index is 1870. The van der Waals surface area contributed by atoms with Crippen molar-refractivity contribution >= 4 is 28.8 Å². The van der Waals surface area contributed by atoms with Crippen LogP contribution >= 0.6 is 0 Å². The third kappa shape index (κ3) is 6.94. The van der Waals surface area contributed by atoms with Gasteiger partial charge in [0.15, 0.2) is 11.5 Å². The standard InChI is InChI=1S/C37H38N4O8/c1-4-24-21-37(24,35(43)44)40-34(42)30-19-26(22-41(30)36(45)38-16-17-48-32-13-9-8-12-31(32)47-3)49-33-20-28(23-10-6-5-7-11-23)39-29-18-25(46-2)14-15-27(29)33/h4-15,18,20,24,26,30H,1,16-17,19,21-22H2,2-3H3,(H,38,45)(H,40,42)(H,43,44)/t24-,26-,30+,37-/m1/s1. The van der Waals surface area contributed by atoms with Crippen molar-refractivity contribution in [1.29, 1.82) is 0 Å². The van der Waals surface area contributed by atoms with E-state index in [2.05, 4.69) is 17.2 Å². The van der Waals surface area contributed by atoms with Gasteiger partial charge in [-0.25, -0.2) is 14.6 Å². The molecule has 3 N–H and O–H groups in total. The van der Waals surface area contributed by atoms with Gasteiger partial charge in [-0.1, -0.05) is 48.5 Å². The van der Waals surface area contributed by atoms with Crippen molar-refractivity contribution in [1.82, 2.24) is 20.5 Å². The number of carboxylic acids is 1. The number of carbonyl (C=O) groups is 3. The number of rotatable bonds is 13. The summed E-state index contributed by atoms with van der Waals surface area (Å²) in [5, 5.41) is 16.2. The first-order valence-corrected chi connectivity index (χ1v) is 16.0. The van der Waals surface area contributed by atoms with Crippen molar-refractivity contribution in [3.8, 4) is 34.3 Å². The molecule has 0 unspecified atom stereocenters. The first kappa shape index (κ1) is 33.1. The number of hydrogen-bond acceptors (Lipinski definition) is 8. The van der Waals surface area contributed by atoms with Crippen LogP contribution in [0.2, 0.25) is 0 Å². The summed E-state index contributed by atoms with van der Waals surface area (Å²) in [6, 6.07) is 22.7. The third-order valence-corrected chi connectivity index (χ3v) is 8.90. The average Bonchev–Trinajstić information content (AvgIpc) is 3.69. The Morgan fingerprint density at radius 1 is 1.00 bits per heavy atom. The van der Waals surface area contributed by atoms with Gasteiger partial charge in [-0.05, 0) is 30.7 Å². The Hall–Kier alpha value is -5.78. The lowest BCUT2D eigenvalue weighted by Gasteiger charge is -2.25. The molecule has 254 valence electrons. The monoisotopic (exact) mass is 666 g/mol. The lowest BCUT2D eigenvalue weighted by atomic mass is 10.1. The number of likely N-dealkylation sites (tertiary alicyclic amines) is 1. The molecule has 1 aromatic heterocycles. The lowest BCUT2D eigenvalue weighted by Crippen LogP contribution is -2.54. The van der Waals surface area contributed by atoms with Crippen LogP contribution in [0.5, 0.6) is 23.0 Å². The van der Waals surface area contributed by atoms with Crippen molar-refractivity contribution in [2.75, 3.05) is 33.9 Å². The Morgan fingerprint density at radius 2 is 1.76 bits per heavy atom. The van der Waals surface area contributed by atoms with E-state index < -0.39 is 41.5 Å². The van der Waals surface area contributed by atoms with E-state index in [0.717, 1.165) is 10.9 Å².